The maximum atomic E-state index is 11.5. The van der Waals surface area contributed by atoms with E-state index >= 15 is 0 Å². The number of likely N-dealkylation sites (N-methyl/N-ethyl adjacent to an activating group) is 1. The summed E-state index contributed by atoms with van der Waals surface area (Å²) in [5.41, 5.74) is -0.109. The molecular formula is C9H11N3O2. The smallest absolute Gasteiger partial charge is 0.274 e. The van der Waals surface area contributed by atoms with Gasteiger partial charge in [0.1, 0.15) is 5.69 Å². The molecule has 0 radical (unpaired) electrons. The minimum Gasteiger partial charge on any atom is -0.337 e. The van der Waals surface area contributed by atoms with Crippen LogP contribution in [0.1, 0.15) is 10.5 Å². The number of carbonyl (C=O) groups is 1. The van der Waals surface area contributed by atoms with Crippen LogP contribution in [0.5, 0.6) is 0 Å². The van der Waals surface area contributed by atoms with Gasteiger partial charge in [-0.1, -0.05) is 6.08 Å². The van der Waals surface area contributed by atoms with Gasteiger partial charge in [0.25, 0.3) is 11.5 Å². The Hall–Kier alpha value is -1.91. The molecule has 1 rings (SSSR count). The molecule has 0 saturated heterocycles. The van der Waals surface area contributed by atoms with E-state index in [9.17, 15) is 9.59 Å². The molecule has 0 aliphatic heterocycles. The number of hydrogen-bond donors (Lipinski definition) is 1. The van der Waals surface area contributed by atoms with Gasteiger partial charge >= 0.3 is 0 Å². The summed E-state index contributed by atoms with van der Waals surface area (Å²) in [6.07, 6.45) is 1.61. The van der Waals surface area contributed by atoms with Crippen LogP contribution >= 0.6 is 0 Å². The molecule has 0 spiro atoms. The van der Waals surface area contributed by atoms with E-state index in [4.69, 9.17) is 0 Å². The van der Waals surface area contributed by atoms with E-state index in [2.05, 4.69) is 16.8 Å². The van der Waals surface area contributed by atoms with Crippen LogP contribution in [0.2, 0.25) is 0 Å². The molecule has 0 fully saturated rings. The molecule has 0 aliphatic carbocycles. The monoisotopic (exact) mass is 193 g/mol. The van der Waals surface area contributed by atoms with Crippen molar-refractivity contribution in [2.24, 2.45) is 0 Å². The van der Waals surface area contributed by atoms with Crippen LogP contribution in [-0.4, -0.2) is 34.6 Å². The van der Waals surface area contributed by atoms with E-state index in [0.29, 0.717) is 6.54 Å². The van der Waals surface area contributed by atoms with Gasteiger partial charge in [0.15, 0.2) is 0 Å². The van der Waals surface area contributed by atoms with Gasteiger partial charge in [0, 0.05) is 19.7 Å². The summed E-state index contributed by atoms with van der Waals surface area (Å²) < 4.78 is 0. The van der Waals surface area contributed by atoms with E-state index in [0.717, 1.165) is 0 Å². The first kappa shape index (κ1) is 10.2. The lowest BCUT2D eigenvalue weighted by atomic mass is 10.3. The van der Waals surface area contributed by atoms with Crippen molar-refractivity contribution in [3.05, 3.63) is 40.8 Å². The predicted molar refractivity (Wildman–Crippen MR) is 52.0 cm³/mol. The first-order valence-corrected chi connectivity index (χ1v) is 4.07. The summed E-state index contributed by atoms with van der Waals surface area (Å²) >= 11 is 0. The number of aromatic nitrogens is 2. The molecule has 1 N–H and O–H groups in total. The molecule has 0 unspecified atom stereocenters. The van der Waals surface area contributed by atoms with Crippen LogP contribution in [0, 0.1) is 0 Å². The number of rotatable bonds is 3. The summed E-state index contributed by atoms with van der Waals surface area (Å²) in [4.78, 5) is 23.7. The van der Waals surface area contributed by atoms with Crippen LogP contribution in [-0.2, 0) is 0 Å². The molecule has 14 heavy (non-hydrogen) atoms. The summed E-state index contributed by atoms with van der Waals surface area (Å²) in [6, 6.07) is 2.66. The van der Waals surface area contributed by atoms with Crippen molar-refractivity contribution in [3.8, 4) is 0 Å². The first-order chi connectivity index (χ1) is 6.65. The minimum atomic E-state index is -0.326. The van der Waals surface area contributed by atoms with Crippen molar-refractivity contribution in [2.75, 3.05) is 13.6 Å². The molecule has 5 nitrogen and oxygen atoms in total. The minimum absolute atomic E-state index is 0.217. The fourth-order valence-corrected chi connectivity index (χ4v) is 0.936. The van der Waals surface area contributed by atoms with E-state index in [-0.39, 0.29) is 17.2 Å². The number of nitrogens with one attached hydrogen (secondary N) is 1. The Bertz CT molecular complexity index is 377. The summed E-state index contributed by atoms with van der Waals surface area (Å²) in [7, 11) is 1.64. The molecule has 1 heterocycles. The standard InChI is InChI=1S/C9H11N3O2/c1-3-6-12(2)9(14)7-4-5-8(13)11-10-7/h3-5H,1,6H2,2H3,(H,11,13). The zero-order valence-corrected chi connectivity index (χ0v) is 7.86. The molecule has 1 aromatic rings. The van der Waals surface area contributed by atoms with Gasteiger partial charge in [-0.05, 0) is 6.07 Å². The average molecular weight is 193 g/mol. The Labute approximate surface area is 81.1 Å². The number of H-pyrrole nitrogens is 1. The molecule has 1 aromatic heterocycles. The maximum absolute atomic E-state index is 11.5. The molecule has 1 amide bonds. The largest absolute Gasteiger partial charge is 0.337 e. The average Bonchev–Trinajstić information content (AvgIpc) is 2.18. The van der Waals surface area contributed by atoms with Crippen molar-refractivity contribution < 1.29 is 4.79 Å². The Morgan fingerprint density at radius 2 is 2.43 bits per heavy atom. The molecule has 0 aromatic carbocycles. The van der Waals surface area contributed by atoms with E-state index in [1.807, 2.05) is 0 Å². The third kappa shape index (κ3) is 2.29. The summed E-state index contributed by atoms with van der Waals surface area (Å²) in [5, 5.41) is 5.82. The molecule has 0 aliphatic rings. The number of aromatic amines is 1. The normalized spacial score (nSPS) is 9.50. The Balaban J connectivity index is 2.84. The number of nitrogens with zero attached hydrogens (tertiary/aromatic N) is 2. The second-order valence-corrected chi connectivity index (χ2v) is 2.78. The van der Waals surface area contributed by atoms with Gasteiger partial charge in [-0.25, -0.2) is 5.10 Å². The highest BCUT2D eigenvalue weighted by atomic mass is 16.2. The molecule has 0 atom stereocenters. The summed E-state index contributed by atoms with van der Waals surface area (Å²) in [5.74, 6) is -0.249. The van der Waals surface area contributed by atoms with E-state index < -0.39 is 0 Å². The van der Waals surface area contributed by atoms with Gasteiger partial charge < -0.3 is 4.90 Å². The van der Waals surface area contributed by atoms with Gasteiger partial charge in [-0.3, -0.25) is 9.59 Å². The lowest BCUT2D eigenvalue weighted by molar-refractivity contribution is 0.0803. The Morgan fingerprint density at radius 1 is 1.71 bits per heavy atom. The van der Waals surface area contributed by atoms with Crippen molar-refractivity contribution in [2.45, 2.75) is 0 Å². The predicted octanol–water partition coefficient (Wildman–Crippen LogP) is 0.0279. The third-order valence-corrected chi connectivity index (χ3v) is 1.65. The van der Waals surface area contributed by atoms with Gasteiger partial charge in [-0.15, -0.1) is 6.58 Å². The van der Waals surface area contributed by atoms with Crippen LogP contribution in [0.3, 0.4) is 0 Å². The zero-order chi connectivity index (χ0) is 10.6. The lowest BCUT2D eigenvalue weighted by Crippen LogP contribution is -2.28. The first-order valence-electron chi connectivity index (χ1n) is 4.07. The third-order valence-electron chi connectivity index (χ3n) is 1.65. The molecule has 74 valence electrons. The maximum Gasteiger partial charge on any atom is 0.274 e. The van der Waals surface area contributed by atoms with Crippen LogP contribution in [0.25, 0.3) is 0 Å². The van der Waals surface area contributed by atoms with Gasteiger partial charge in [-0.2, -0.15) is 5.10 Å². The SMILES string of the molecule is C=CCN(C)C(=O)c1ccc(=O)[nH]n1. The highest BCUT2D eigenvalue weighted by Crippen LogP contribution is 1.95. The lowest BCUT2D eigenvalue weighted by Gasteiger charge is -2.13. The Kier molecular flexibility index (Phi) is 3.17. The van der Waals surface area contributed by atoms with Crippen molar-refractivity contribution >= 4 is 5.91 Å². The number of hydrogen-bond acceptors (Lipinski definition) is 3. The van der Waals surface area contributed by atoms with Gasteiger partial charge in [0.2, 0.25) is 0 Å². The fraction of sp³-hybridized carbons (Fsp3) is 0.222. The zero-order valence-electron chi connectivity index (χ0n) is 7.86. The second kappa shape index (κ2) is 4.36. The van der Waals surface area contributed by atoms with Crippen molar-refractivity contribution in [1.82, 2.24) is 15.1 Å². The molecule has 5 heteroatoms. The number of amides is 1. The highest BCUT2D eigenvalue weighted by molar-refractivity contribution is 5.91. The van der Waals surface area contributed by atoms with Gasteiger partial charge in [0.05, 0.1) is 0 Å². The van der Waals surface area contributed by atoms with Crippen LogP contribution in [0.15, 0.2) is 29.6 Å². The van der Waals surface area contributed by atoms with Crippen molar-refractivity contribution in [1.29, 1.82) is 0 Å². The second-order valence-electron chi connectivity index (χ2n) is 2.78. The molecule has 0 bridgehead atoms. The van der Waals surface area contributed by atoms with Crippen molar-refractivity contribution in [3.63, 3.8) is 0 Å². The molecule has 0 saturated carbocycles. The Morgan fingerprint density at radius 3 is 2.93 bits per heavy atom. The van der Waals surface area contributed by atoms with Crippen LogP contribution < -0.4 is 5.56 Å². The fourth-order valence-electron chi connectivity index (χ4n) is 0.936. The summed E-state index contributed by atoms with van der Waals surface area (Å²) in [6.45, 7) is 3.96. The quantitative estimate of drug-likeness (QED) is 0.688. The van der Waals surface area contributed by atoms with Crippen LogP contribution in [0.4, 0.5) is 0 Å². The van der Waals surface area contributed by atoms with E-state index in [1.165, 1.54) is 17.0 Å². The highest BCUT2D eigenvalue weighted by Gasteiger charge is 2.11. The molecular weight excluding hydrogens is 182 g/mol. The van der Waals surface area contributed by atoms with E-state index in [1.54, 1.807) is 13.1 Å². The number of carbonyl (C=O) groups excluding carboxylic acids is 1. The topological polar surface area (TPSA) is 66.1 Å².